The second-order valence-corrected chi connectivity index (χ2v) is 6.09. The third-order valence-electron chi connectivity index (χ3n) is 2.13. The first-order chi connectivity index (χ1) is 8.01. The predicted molar refractivity (Wildman–Crippen MR) is 71.3 cm³/mol. The molecule has 0 saturated heterocycles. The van der Waals surface area contributed by atoms with Gasteiger partial charge in [-0.25, -0.2) is 0 Å². The fourth-order valence-electron chi connectivity index (χ4n) is 1.27. The van der Waals surface area contributed by atoms with Gasteiger partial charge in [0.05, 0.1) is 5.60 Å². The number of aromatic nitrogens is 2. The van der Waals surface area contributed by atoms with E-state index in [4.69, 9.17) is 4.74 Å². The molecule has 1 aromatic heterocycles. The molecule has 98 valence electrons. The molecule has 1 aromatic rings. The molecule has 0 amide bonds. The van der Waals surface area contributed by atoms with Crippen LogP contribution in [0, 0.1) is 0 Å². The highest BCUT2D eigenvalue weighted by Gasteiger charge is 2.12. The molecular weight excluding hydrogens is 234 g/mol. The molecule has 0 aromatic carbocycles. The third-order valence-corrected chi connectivity index (χ3v) is 3.09. The van der Waals surface area contributed by atoms with Crippen molar-refractivity contribution in [3.05, 3.63) is 10.0 Å². The highest BCUT2D eigenvalue weighted by molar-refractivity contribution is 7.11. The Labute approximate surface area is 108 Å². The molecule has 0 saturated carbocycles. The Bertz CT molecular complexity index is 320. The zero-order valence-corrected chi connectivity index (χ0v) is 12.1. The molecule has 1 N–H and O–H groups in total. The first kappa shape index (κ1) is 14.5. The van der Waals surface area contributed by atoms with Gasteiger partial charge in [-0.3, -0.25) is 0 Å². The molecule has 4 nitrogen and oxygen atoms in total. The van der Waals surface area contributed by atoms with E-state index in [0.717, 1.165) is 35.9 Å². The Kier molecular flexibility index (Phi) is 6.02. The fourth-order valence-corrected chi connectivity index (χ4v) is 2.07. The van der Waals surface area contributed by atoms with Crippen LogP contribution in [0.3, 0.4) is 0 Å². The molecule has 0 aliphatic rings. The maximum absolute atomic E-state index is 5.67. The standard InChI is InChI=1S/C12H23N3OS/c1-5-13-8-6-7-10-14-15-11(17-10)9-16-12(2,3)4/h13H,5-9H2,1-4H3. The summed E-state index contributed by atoms with van der Waals surface area (Å²) in [6, 6.07) is 0. The molecule has 1 heterocycles. The van der Waals surface area contributed by atoms with Crippen molar-refractivity contribution in [1.82, 2.24) is 15.5 Å². The van der Waals surface area contributed by atoms with Gasteiger partial charge >= 0.3 is 0 Å². The van der Waals surface area contributed by atoms with Crippen LogP contribution in [0.5, 0.6) is 0 Å². The minimum Gasteiger partial charge on any atom is -0.369 e. The Morgan fingerprint density at radius 2 is 1.94 bits per heavy atom. The van der Waals surface area contributed by atoms with Gasteiger partial charge in [-0.05, 0) is 40.3 Å². The Balaban J connectivity index is 2.28. The van der Waals surface area contributed by atoms with E-state index in [1.165, 1.54) is 0 Å². The summed E-state index contributed by atoms with van der Waals surface area (Å²) < 4.78 is 5.67. The van der Waals surface area contributed by atoms with Gasteiger partial charge in [0.25, 0.3) is 0 Å². The molecule has 0 atom stereocenters. The Morgan fingerprint density at radius 3 is 2.59 bits per heavy atom. The Hall–Kier alpha value is -0.520. The molecule has 0 fully saturated rings. The topological polar surface area (TPSA) is 47.0 Å². The van der Waals surface area contributed by atoms with Crippen LogP contribution >= 0.6 is 11.3 Å². The SMILES string of the molecule is CCNCCCc1nnc(COC(C)(C)C)s1. The van der Waals surface area contributed by atoms with Gasteiger partial charge in [-0.15, -0.1) is 10.2 Å². The number of hydrogen-bond donors (Lipinski definition) is 1. The molecule has 1 rings (SSSR count). The van der Waals surface area contributed by atoms with Crippen LogP contribution in [-0.4, -0.2) is 28.9 Å². The average Bonchev–Trinajstić information content (AvgIpc) is 2.69. The largest absolute Gasteiger partial charge is 0.369 e. The molecule has 0 radical (unpaired) electrons. The van der Waals surface area contributed by atoms with Crippen molar-refractivity contribution < 1.29 is 4.74 Å². The van der Waals surface area contributed by atoms with E-state index in [-0.39, 0.29) is 5.60 Å². The number of hydrogen-bond acceptors (Lipinski definition) is 5. The summed E-state index contributed by atoms with van der Waals surface area (Å²) >= 11 is 1.66. The van der Waals surface area contributed by atoms with E-state index in [1.54, 1.807) is 11.3 Å². The van der Waals surface area contributed by atoms with E-state index >= 15 is 0 Å². The summed E-state index contributed by atoms with van der Waals surface area (Å²) in [4.78, 5) is 0. The lowest BCUT2D eigenvalue weighted by Crippen LogP contribution is -2.18. The summed E-state index contributed by atoms with van der Waals surface area (Å²) in [5.74, 6) is 0. The summed E-state index contributed by atoms with van der Waals surface area (Å²) in [5.41, 5.74) is -0.114. The van der Waals surface area contributed by atoms with Gasteiger partial charge in [0, 0.05) is 6.42 Å². The van der Waals surface area contributed by atoms with Crippen LogP contribution in [0.15, 0.2) is 0 Å². The fraction of sp³-hybridized carbons (Fsp3) is 0.833. The van der Waals surface area contributed by atoms with Gasteiger partial charge in [0.2, 0.25) is 0 Å². The molecule has 0 aliphatic heterocycles. The molecular formula is C12H23N3OS. The van der Waals surface area contributed by atoms with Gasteiger partial charge in [0.15, 0.2) is 0 Å². The molecule has 17 heavy (non-hydrogen) atoms. The first-order valence-electron chi connectivity index (χ1n) is 6.17. The number of nitrogens with one attached hydrogen (secondary N) is 1. The van der Waals surface area contributed by atoms with Crippen LogP contribution < -0.4 is 5.32 Å². The van der Waals surface area contributed by atoms with Crippen molar-refractivity contribution in [2.45, 2.75) is 52.7 Å². The minimum atomic E-state index is -0.114. The number of nitrogens with zero attached hydrogens (tertiary/aromatic N) is 2. The summed E-state index contributed by atoms with van der Waals surface area (Å²) in [5, 5.41) is 13.7. The van der Waals surface area contributed by atoms with Crippen LogP contribution in [0.1, 0.15) is 44.1 Å². The monoisotopic (exact) mass is 257 g/mol. The summed E-state index contributed by atoms with van der Waals surface area (Å²) in [6.07, 6.45) is 2.11. The van der Waals surface area contributed by atoms with Gasteiger partial charge in [-0.1, -0.05) is 18.3 Å². The molecule has 0 unspecified atom stereocenters. The lowest BCUT2D eigenvalue weighted by atomic mass is 10.2. The van der Waals surface area contributed by atoms with E-state index in [2.05, 4.69) is 22.4 Å². The van der Waals surface area contributed by atoms with Crippen molar-refractivity contribution in [2.75, 3.05) is 13.1 Å². The highest BCUT2D eigenvalue weighted by Crippen LogP contribution is 2.16. The Morgan fingerprint density at radius 1 is 1.24 bits per heavy atom. The lowest BCUT2D eigenvalue weighted by molar-refractivity contribution is -0.0152. The van der Waals surface area contributed by atoms with Crippen molar-refractivity contribution in [1.29, 1.82) is 0 Å². The van der Waals surface area contributed by atoms with E-state index < -0.39 is 0 Å². The van der Waals surface area contributed by atoms with E-state index in [9.17, 15) is 0 Å². The maximum Gasteiger partial charge on any atom is 0.143 e. The van der Waals surface area contributed by atoms with Crippen LogP contribution in [0.2, 0.25) is 0 Å². The zero-order valence-electron chi connectivity index (χ0n) is 11.2. The van der Waals surface area contributed by atoms with Crippen LogP contribution in [0.25, 0.3) is 0 Å². The van der Waals surface area contributed by atoms with Crippen molar-refractivity contribution in [3.8, 4) is 0 Å². The third kappa shape index (κ3) is 6.71. The van der Waals surface area contributed by atoms with Gasteiger partial charge in [0.1, 0.15) is 16.6 Å². The maximum atomic E-state index is 5.67. The predicted octanol–water partition coefficient (Wildman–Crippen LogP) is 2.40. The first-order valence-corrected chi connectivity index (χ1v) is 6.99. The van der Waals surface area contributed by atoms with E-state index in [0.29, 0.717) is 6.61 Å². The molecule has 5 heteroatoms. The number of ether oxygens (including phenoxy) is 1. The van der Waals surface area contributed by atoms with Crippen molar-refractivity contribution >= 4 is 11.3 Å². The second kappa shape index (κ2) is 7.03. The normalized spacial score (nSPS) is 12.0. The quantitative estimate of drug-likeness (QED) is 0.762. The minimum absolute atomic E-state index is 0.114. The summed E-state index contributed by atoms with van der Waals surface area (Å²) in [7, 11) is 0. The second-order valence-electron chi connectivity index (χ2n) is 4.95. The zero-order chi connectivity index (χ0) is 12.7. The van der Waals surface area contributed by atoms with Crippen molar-refractivity contribution in [3.63, 3.8) is 0 Å². The van der Waals surface area contributed by atoms with Crippen molar-refractivity contribution in [2.24, 2.45) is 0 Å². The average molecular weight is 257 g/mol. The highest BCUT2D eigenvalue weighted by atomic mass is 32.1. The molecule has 0 bridgehead atoms. The van der Waals surface area contributed by atoms with Crippen LogP contribution in [0.4, 0.5) is 0 Å². The van der Waals surface area contributed by atoms with Crippen LogP contribution in [-0.2, 0) is 17.8 Å². The number of aryl methyl sites for hydroxylation is 1. The van der Waals surface area contributed by atoms with Gasteiger partial charge in [-0.2, -0.15) is 0 Å². The van der Waals surface area contributed by atoms with Gasteiger partial charge < -0.3 is 10.1 Å². The lowest BCUT2D eigenvalue weighted by Gasteiger charge is -2.17. The molecule has 0 aliphatic carbocycles. The smallest absolute Gasteiger partial charge is 0.143 e. The number of rotatable bonds is 7. The summed E-state index contributed by atoms with van der Waals surface area (Å²) in [6.45, 7) is 10.9. The molecule has 0 spiro atoms. The van der Waals surface area contributed by atoms with E-state index in [1.807, 2.05) is 20.8 Å².